The van der Waals surface area contributed by atoms with Crippen LogP contribution in [0.5, 0.6) is 11.5 Å². The summed E-state index contributed by atoms with van der Waals surface area (Å²) in [5, 5.41) is 5.68. The van der Waals surface area contributed by atoms with Crippen molar-refractivity contribution in [3.8, 4) is 11.5 Å². The van der Waals surface area contributed by atoms with Crippen LogP contribution in [0.25, 0.3) is 10.8 Å². The van der Waals surface area contributed by atoms with Gasteiger partial charge in [-0.3, -0.25) is 0 Å². The van der Waals surface area contributed by atoms with E-state index >= 15 is 0 Å². The number of aliphatic imine (C=N–C) groups is 1. The highest BCUT2D eigenvalue weighted by molar-refractivity contribution is 5.83. The molecule has 0 unspecified atom stereocenters. The minimum atomic E-state index is 0.436. The first kappa shape index (κ1) is 18.6. The van der Waals surface area contributed by atoms with Gasteiger partial charge < -0.3 is 20.5 Å². The molecule has 3 N–H and O–H groups in total. The maximum atomic E-state index is 5.99. The fourth-order valence-corrected chi connectivity index (χ4v) is 2.94. The topological polar surface area (TPSA) is 68.9 Å². The van der Waals surface area contributed by atoms with Crippen LogP contribution in [-0.2, 0) is 13.0 Å². The number of methoxy groups -OCH3 is 2. The van der Waals surface area contributed by atoms with Crippen molar-refractivity contribution in [3.63, 3.8) is 0 Å². The van der Waals surface area contributed by atoms with Gasteiger partial charge in [-0.2, -0.15) is 0 Å². The predicted octanol–water partition coefficient (Wildman–Crippen LogP) is 3.50. The first-order valence-electron chi connectivity index (χ1n) is 8.92. The van der Waals surface area contributed by atoms with Crippen molar-refractivity contribution in [2.45, 2.75) is 13.0 Å². The van der Waals surface area contributed by atoms with E-state index in [-0.39, 0.29) is 0 Å². The van der Waals surface area contributed by atoms with Crippen molar-refractivity contribution in [2.75, 3.05) is 20.8 Å². The molecule has 0 aromatic heterocycles. The van der Waals surface area contributed by atoms with Gasteiger partial charge in [0, 0.05) is 6.54 Å². The lowest BCUT2D eigenvalue weighted by Gasteiger charge is -2.09. The molecular weight excluding hydrogens is 338 g/mol. The maximum Gasteiger partial charge on any atom is 0.188 e. The van der Waals surface area contributed by atoms with Crippen molar-refractivity contribution in [1.82, 2.24) is 5.32 Å². The number of nitrogens with two attached hydrogens (primary N) is 1. The zero-order valence-electron chi connectivity index (χ0n) is 15.7. The second-order valence-electron chi connectivity index (χ2n) is 6.25. The third-order valence-electron chi connectivity index (χ3n) is 4.41. The smallest absolute Gasteiger partial charge is 0.188 e. The number of ether oxygens (including phenoxy) is 2. The Labute approximate surface area is 159 Å². The molecule has 0 aliphatic heterocycles. The molecule has 140 valence electrons. The summed E-state index contributed by atoms with van der Waals surface area (Å²) in [6.45, 7) is 1.22. The summed E-state index contributed by atoms with van der Waals surface area (Å²) in [5.41, 5.74) is 8.26. The van der Waals surface area contributed by atoms with Gasteiger partial charge in [0.2, 0.25) is 0 Å². The lowest BCUT2D eigenvalue weighted by molar-refractivity contribution is 0.354. The van der Waals surface area contributed by atoms with Crippen LogP contribution in [0.3, 0.4) is 0 Å². The summed E-state index contributed by atoms with van der Waals surface area (Å²) in [5.74, 6) is 1.82. The van der Waals surface area contributed by atoms with Crippen LogP contribution < -0.4 is 20.5 Å². The van der Waals surface area contributed by atoms with E-state index in [0.29, 0.717) is 24.0 Å². The number of hydrogen-bond acceptors (Lipinski definition) is 3. The molecule has 3 rings (SSSR count). The van der Waals surface area contributed by atoms with Crippen LogP contribution in [0.4, 0.5) is 0 Å². The van der Waals surface area contributed by atoms with Crippen molar-refractivity contribution >= 4 is 16.7 Å². The molecule has 5 nitrogen and oxygen atoms in total. The molecule has 27 heavy (non-hydrogen) atoms. The average molecular weight is 363 g/mol. The Morgan fingerprint density at radius 3 is 2.41 bits per heavy atom. The minimum Gasteiger partial charge on any atom is -0.493 e. The average Bonchev–Trinajstić information content (AvgIpc) is 2.72. The van der Waals surface area contributed by atoms with Gasteiger partial charge in [-0.15, -0.1) is 0 Å². The van der Waals surface area contributed by atoms with Crippen LogP contribution in [0, 0.1) is 0 Å². The number of benzene rings is 3. The van der Waals surface area contributed by atoms with Gasteiger partial charge >= 0.3 is 0 Å². The Morgan fingerprint density at radius 1 is 0.889 bits per heavy atom. The standard InChI is InChI=1S/C22H25N3O2/c1-26-20-10-8-17(14-21(20)27-2)15-25-22(23)24-12-11-16-7-9-18-5-3-4-6-19(18)13-16/h3-10,13-14H,11-12,15H2,1-2H3,(H3,23,24,25). The molecule has 0 spiro atoms. The predicted molar refractivity (Wildman–Crippen MR) is 111 cm³/mol. The summed E-state index contributed by atoms with van der Waals surface area (Å²) in [6.07, 6.45) is 0.886. The van der Waals surface area contributed by atoms with Gasteiger partial charge in [-0.25, -0.2) is 4.99 Å². The van der Waals surface area contributed by atoms with Crippen LogP contribution in [0.1, 0.15) is 11.1 Å². The molecular formula is C22H25N3O2. The molecule has 0 bridgehead atoms. The number of hydrogen-bond donors (Lipinski definition) is 2. The van der Waals surface area contributed by atoms with Gasteiger partial charge in [0.1, 0.15) is 0 Å². The van der Waals surface area contributed by atoms with Crippen molar-refractivity contribution in [2.24, 2.45) is 10.7 Å². The van der Waals surface area contributed by atoms with E-state index in [9.17, 15) is 0 Å². The summed E-state index contributed by atoms with van der Waals surface area (Å²) < 4.78 is 10.5. The Bertz CT molecular complexity index is 938. The molecule has 0 heterocycles. The molecule has 5 heteroatoms. The van der Waals surface area contributed by atoms with Crippen LogP contribution in [0.15, 0.2) is 65.7 Å². The van der Waals surface area contributed by atoms with Gasteiger partial charge in [-0.1, -0.05) is 48.5 Å². The highest BCUT2D eigenvalue weighted by atomic mass is 16.5. The van der Waals surface area contributed by atoms with Gasteiger partial charge in [0.15, 0.2) is 17.5 Å². The maximum absolute atomic E-state index is 5.99. The normalized spacial score (nSPS) is 11.4. The number of fused-ring (bicyclic) bond motifs is 1. The fraction of sp³-hybridized carbons (Fsp3) is 0.227. The van der Waals surface area contributed by atoms with Gasteiger partial charge in [-0.05, 0) is 40.5 Å². The van der Waals surface area contributed by atoms with Crippen molar-refractivity contribution in [3.05, 3.63) is 71.8 Å². The number of nitrogens with zero attached hydrogens (tertiary/aromatic N) is 1. The van der Waals surface area contributed by atoms with E-state index in [4.69, 9.17) is 15.2 Å². The Morgan fingerprint density at radius 2 is 1.63 bits per heavy atom. The molecule has 3 aromatic carbocycles. The van der Waals surface area contributed by atoms with E-state index in [1.165, 1.54) is 16.3 Å². The zero-order valence-corrected chi connectivity index (χ0v) is 15.7. The van der Waals surface area contributed by atoms with E-state index in [2.05, 4.69) is 52.8 Å². The molecule has 0 aliphatic carbocycles. The lowest BCUT2D eigenvalue weighted by atomic mass is 10.1. The Balaban J connectivity index is 1.53. The van der Waals surface area contributed by atoms with E-state index in [0.717, 1.165) is 18.5 Å². The SMILES string of the molecule is COc1ccc(CN=C(N)NCCc2ccc3ccccc3c2)cc1OC. The van der Waals surface area contributed by atoms with E-state index in [1.807, 2.05) is 18.2 Å². The monoisotopic (exact) mass is 363 g/mol. The molecule has 0 saturated carbocycles. The highest BCUT2D eigenvalue weighted by Gasteiger charge is 2.04. The first-order chi connectivity index (χ1) is 13.2. The summed E-state index contributed by atoms with van der Waals surface area (Å²) >= 11 is 0. The molecule has 0 aliphatic rings. The largest absolute Gasteiger partial charge is 0.493 e. The first-order valence-corrected chi connectivity index (χ1v) is 8.92. The number of rotatable bonds is 7. The van der Waals surface area contributed by atoms with Crippen LogP contribution in [0.2, 0.25) is 0 Å². The van der Waals surface area contributed by atoms with Crippen molar-refractivity contribution < 1.29 is 9.47 Å². The second-order valence-corrected chi connectivity index (χ2v) is 6.25. The van der Waals surface area contributed by atoms with E-state index in [1.54, 1.807) is 14.2 Å². The fourth-order valence-electron chi connectivity index (χ4n) is 2.94. The molecule has 0 atom stereocenters. The number of guanidine groups is 1. The zero-order chi connectivity index (χ0) is 19.1. The van der Waals surface area contributed by atoms with Crippen LogP contribution in [-0.4, -0.2) is 26.7 Å². The Kier molecular flexibility index (Phi) is 6.15. The summed E-state index contributed by atoms with van der Waals surface area (Å²) in [7, 11) is 3.24. The molecule has 0 saturated heterocycles. The van der Waals surface area contributed by atoms with Gasteiger partial charge in [0.05, 0.1) is 20.8 Å². The minimum absolute atomic E-state index is 0.436. The summed E-state index contributed by atoms with van der Waals surface area (Å²) in [6, 6.07) is 20.6. The number of nitrogens with one attached hydrogen (secondary N) is 1. The lowest BCUT2D eigenvalue weighted by Crippen LogP contribution is -2.33. The molecule has 0 radical (unpaired) electrons. The van der Waals surface area contributed by atoms with Crippen molar-refractivity contribution in [1.29, 1.82) is 0 Å². The second kappa shape index (κ2) is 8.94. The third-order valence-corrected chi connectivity index (χ3v) is 4.41. The van der Waals surface area contributed by atoms with E-state index < -0.39 is 0 Å². The molecule has 3 aromatic rings. The highest BCUT2D eigenvalue weighted by Crippen LogP contribution is 2.27. The third kappa shape index (κ3) is 4.91. The molecule has 0 amide bonds. The quantitative estimate of drug-likeness (QED) is 0.498. The summed E-state index contributed by atoms with van der Waals surface area (Å²) in [4.78, 5) is 4.39. The van der Waals surface area contributed by atoms with Gasteiger partial charge in [0.25, 0.3) is 0 Å². The van der Waals surface area contributed by atoms with Crippen LogP contribution >= 0.6 is 0 Å². The Hall–Kier alpha value is -3.21. The molecule has 0 fully saturated rings.